The van der Waals surface area contributed by atoms with Crippen molar-refractivity contribution in [3.8, 4) is 28.4 Å². The smallest absolute Gasteiger partial charge is 0.275 e. The van der Waals surface area contributed by atoms with Crippen LogP contribution in [-0.4, -0.2) is 5.11 Å². The summed E-state index contributed by atoms with van der Waals surface area (Å²) >= 11 is 0. The van der Waals surface area contributed by atoms with E-state index in [0.717, 1.165) is 55.7 Å². The van der Waals surface area contributed by atoms with Crippen LogP contribution < -0.4 is 9.05 Å². The van der Waals surface area contributed by atoms with Gasteiger partial charge >= 0.3 is 0 Å². The lowest BCUT2D eigenvalue weighted by atomic mass is 9.72. The van der Waals surface area contributed by atoms with E-state index in [0.29, 0.717) is 5.75 Å². The van der Waals surface area contributed by atoms with Gasteiger partial charge in [0.1, 0.15) is 17.2 Å². The Morgan fingerprint density at radius 3 is 1.57 bits per heavy atom. The van der Waals surface area contributed by atoms with Crippen molar-refractivity contribution in [3.63, 3.8) is 0 Å². The maximum absolute atomic E-state index is 12.2. The third-order valence-corrected chi connectivity index (χ3v) is 9.22. The normalized spacial score (nSPS) is 13.2. The summed E-state index contributed by atoms with van der Waals surface area (Å²) in [6.07, 6.45) is 0. The number of fused-ring (bicyclic) bond motifs is 1. The van der Waals surface area contributed by atoms with E-state index in [2.05, 4.69) is 127 Å². The lowest BCUT2D eigenvalue weighted by Gasteiger charge is -2.34. The first-order valence-corrected chi connectivity index (χ1v) is 16.6. The minimum absolute atomic E-state index is 0.114. The first-order chi connectivity index (χ1) is 20.1. The number of hydrogen-bond acceptors (Lipinski definition) is 3. The molecule has 0 saturated heterocycles. The van der Waals surface area contributed by atoms with Gasteiger partial charge in [0, 0.05) is 27.6 Å². The zero-order valence-corrected chi connectivity index (χ0v) is 30.5. The van der Waals surface area contributed by atoms with Crippen LogP contribution in [-0.2, 0) is 21.7 Å². The maximum atomic E-state index is 12.2. The topological polar surface area (TPSA) is 38.7 Å². The van der Waals surface area contributed by atoms with Crippen LogP contribution >= 0.6 is 9.03 Å². The first kappa shape index (κ1) is 33.9. The lowest BCUT2D eigenvalue weighted by molar-refractivity contribution is 0.445. The molecule has 1 N–H and O–H groups in total. The highest BCUT2D eigenvalue weighted by Gasteiger charge is 2.34. The van der Waals surface area contributed by atoms with E-state index in [1.165, 1.54) is 11.1 Å². The molecule has 0 aliphatic heterocycles. The van der Waals surface area contributed by atoms with Crippen LogP contribution in [0.4, 0.5) is 0 Å². The minimum Gasteiger partial charge on any atom is -0.507 e. The second-order valence-corrected chi connectivity index (χ2v) is 17.0. The van der Waals surface area contributed by atoms with E-state index in [1.54, 1.807) is 0 Å². The monoisotopic (exact) mass is 612 g/mol. The molecule has 236 valence electrons. The van der Waals surface area contributed by atoms with Crippen molar-refractivity contribution in [2.75, 3.05) is 0 Å². The first-order valence-electron chi connectivity index (χ1n) is 15.8. The molecule has 0 aromatic heterocycles. The fourth-order valence-corrected chi connectivity index (χ4v) is 6.92. The second-order valence-electron chi connectivity index (χ2n) is 16.4. The van der Waals surface area contributed by atoms with Crippen LogP contribution in [0.5, 0.6) is 17.2 Å². The molecule has 1 atom stereocenters. The molecule has 3 nitrogen and oxygen atoms in total. The largest absolute Gasteiger partial charge is 0.507 e. The molecule has 0 heterocycles. The number of aromatic hydroxyl groups is 1. The number of phenols is 1. The highest BCUT2D eigenvalue weighted by Crippen LogP contribution is 2.53. The van der Waals surface area contributed by atoms with Gasteiger partial charge in [-0.15, -0.1) is 0 Å². The highest BCUT2D eigenvalue weighted by atomic mass is 31.1. The molecule has 4 rings (SSSR count). The summed E-state index contributed by atoms with van der Waals surface area (Å²) < 4.78 is 13.2. The molecule has 0 aliphatic rings. The molecule has 44 heavy (non-hydrogen) atoms. The van der Waals surface area contributed by atoms with Gasteiger partial charge in [0.15, 0.2) is 0 Å². The molecule has 0 spiro atoms. The lowest BCUT2D eigenvalue weighted by Crippen LogP contribution is -2.21. The summed E-state index contributed by atoms with van der Waals surface area (Å²) in [5.74, 6) is 1.91. The van der Waals surface area contributed by atoms with Gasteiger partial charge in [-0.2, -0.15) is 0 Å². The SMILES string of the molecule is Cc1c(C(C)(C)C)cc(C(C)(C)C)c(O)c1-c1c(C)c(C(C)(C)C)cc(C(C)(C)C)c1OPOc1cccc2ccccc12. The Morgan fingerprint density at radius 2 is 1.02 bits per heavy atom. The summed E-state index contributed by atoms with van der Waals surface area (Å²) in [5, 5.41) is 14.4. The van der Waals surface area contributed by atoms with Crippen molar-refractivity contribution in [1.29, 1.82) is 0 Å². The van der Waals surface area contributed by atoms with Gasteiger partial charge in [0.05, 0.1) is 0 Å². The van der Waals surface area contributed by atoms with E-state index in [4.69, 9.17) is 9.05 Å². The molecule has 4 heteroatoms. The Bertz CT molecular complexity index is 1640. The third-order valence-electron chi connectivity index (χ3n) is 8.63. The second kappa shape index (κ2) is 11.7. The van der Waals surface area contributed by atoms with Crippen LogP contribution in [0.2, 0.25) is 0 Å². The molecule has 1 unspecified atom stereocenters. The van der Waals surface area contributed by atoms with Crippen LogP contribution in [0, 0.1) is 13.8 Å². The van der Waals surface area contributed by atoms with Crippen LogP contribution in [0.1, 0.15) is 116 Å². The van der Waals surface area contributed by atoms with Crippen molar-refractivity contribution in [1.82, 2.24) is 0 Å². The van der Waals surface area contributed by atoms with Crippen LogP contribution in [0.25, 0.3) is 21.9 Å². The van der Waals surface area contributed by atoms with Crippen molar-refractivity contribution in [3.05, 3.63) is 88.0 Å². The fourth-order valence-electron chi connectivity index (χ4n) is 6.32. The van der Waals surface area contributed by atoms with Gasteiger partial charge in [0.25, 0.3) is 9.03 Å². The standard InChI is InChI=1S/C40H53O3P/c1-24-28(37(3,4)5)22-30(39(9,10)11)35(41)33(24)34-25(2)29(38(6,7)8)23-31(40(12,13)14)36(34)43-44-42-32-21-17-19-26-18-15-16-20-27(26)32/h15-23,41,44H,1-14H3. The predicted octanol–water partition coefficient (Wildman–Crippen LogP) is 12.0. The van der Waals surface area contributed by atoms with Gasteiger partial charge in [-0.3, -0.25) is 0 Å². The Hall–Kier alpha value is -3.03. The average molecular weight is 613 g/mol. The molecule has 4 aromatic rings. The van der Waals surface area contributed by atoms with Crippen molar-refractivity contribution in [2.24, 2.45) is 0 Å². The summed E-state index contributed by atoms with van der Waals surface area (Å²) in [6.45, 7) is 31.1. The Kier molecular flexibility index (Phi) is 9.02. The van der Waals surface area contributed by atoms with Crippen molar-refractivity contribution < 1.29 is 14.2 Å². The van der Waals surface area contributed by atoms with Gasteiger partial charge in [-0.1, -0.05) is 132 Å². The number of phenolic OH excluding ortho intramolecular Hbond substituents is 1. The average Bonchev–Trinajstić information content (AvgIpc) is 2.87. The van der Waals surface area contributed by atoms with Crippen LogP contribution in [0.15, 0.2) is 54.6 Å². The Morgan fingerprint density at radius 1 is 0.545 bits per heavy atom. The van der Waals surface area contributed by atoms with Crippen LogP contribution in [0.3, 0.4) is 0 Å². The van der Waals surface area contributed by atoms with Gasteiger partial charge in [-0.25, -0.2) is 0 Å². The molecule has 0 bridgehead atoms. The van der Waals surface area contributed by atoms with E-state index < -0.39 is 0 Å². The molecule has 4 aromatic carbocycles. The highest BCUT2D eigenvalue weighted by molar-refractivity contribution is 7.27. The predicted molar refractivity (Wildman–Crippen MR) is 191 cm³/mol. The maximum Gasteiger partial charge on any atom is 0.275 e. The zero-order valence-electron chi connectivity index (χ0n) is 29.5. The van der Waals surface area contributed by atoms with Crippen molar-refractivity contribution in [2.45, 2.75) is 119 Å². The molecule has 0 fully saturated rings. The summed E-state index contributed by atoms with van der Waals surface area (Å²) in [7, 11) is -0.268. The quantitative estimate of drug-likeness (QED) is 0.228. The van der Waals surface area contributed by atoms with E-state index in [9.17, 15) is 5.11 Å². The molecule has 0 radical (unpaired) electrons. The van der Waals surface area contributed by atoms with Gasteiger partial charge in [-0.05, 0) is 69.2 Å². The number of benzene rings is 4. The molecule has 0 amide bonds. The molecule has 0 aliphatic carbocycles. The zero-order chi connectivity index (χ0) is 33.0. The van der Waals surface area contributed by atoms with E-state index >= 15 is 0 Å². The fraction of sp³-hybridized carbons (Fsp3) is 0.450. The summed E-state index contributed by atoms with van der Waals surface area (Å²) in [6, 6.07) is 18.9. The Labute approximate surface area is 268 Å². The summed E-state index contributed by atoms with van der Waals surface area (Å²) in [4.78, 5) is 0. The van der Waals surface area contributed by atoms with Gasteiger partial charge < -0.3 is 14.2 Å². The molecular formula is C40H53O3P. The van der Waals surface area contributed by atoms with E-state index in [-0.39, 0.29) is 30.7 Å². The Balaban J connectivity index is 2.05. The van der Waals surface area contributed by atoms with E-state index in [1.807, 2.05) is 24.3 Å². The van der Waals surface area contributed by atoms with Crippen molar-refractivity contribution >= 4 is 19.8 Å². The van der Waals surface area contributed by atoms with Gasteiger partial charge in [0.2, 0.25) is 0 Å². The molecule has 0 saturated carbocycles. The number of hydrogen-bond donors (Lipinski definition) is 1. The summed E-state index contributed by atoms with van der Waals surface area (Å²) in [5.41, 5.74) is 7.86. The number of rotatable bonds is 5. The minimum atomic E-state index is -0.268. The third kappa shape index (κ3) is 6.64. The molecular weight excluding hydrogens is 559 g/mol.